The first-order valence-electron chi connectivity index (χ1n) is 9.26. The van der Waals surface area contributed by atoms with Gasteiger partial charge >= 0.3 is 5.97 Å². The zero-order valence-electron chi connectivity index (χ0n) is 14.3. The van der Waals surface area contributed by atoms with Crippen LogP contribution in [0, 0.1) is 17.8 Å². The van der Waals surface area contributed by atoms with E-state index in [4.69, 9.17) is 9.84 Å². The Morgan fingerprint density at radius 3 is 2.75 bits per heavy atom. The lowest BCUT2D eigenvalue weighted by atomic mass is 9.84. The van der Waals surface area contributed by atoms with E-state index in [1.54, 1.807) is 0 Å². The molecule has 0 saturated heterocycles. The summed E-state index contributed by atoms with van der Waals surface area (Å²) in [5, 5.41) is 8.66. The average molecular weight is 328 g/mol. The van der Waals surface area contributed by atoms with Gasteiger partial charge in [-0.2, -0.15) is 0 Å². The number of carboxylic acids is 1. The van der Waals surface area contributed by atoms with E-state index >= 15 is 0 Å². The van der Waals surface area contributed by atoms with Crippen LogP contribution in [-0.4, -0.2) is 17.2 Å². The van der Waals surface area contributed by atoms with Crippen molar-refractivity contribution in [3.8, 4) is 0 Å². The summed E-state index contributed by atoms with van der Waals surface area (Å²) in [7, 11) is 0. The molecule has 1 N–H and O–H groups in total. The van der Waals surface area contributed by atoms with Crippen LogP contribution in [0.2, 0.25) is 0 Å². The quantitative estimate of drug-likeness (QED) is 0.522. The monoisotopic (exact) mass is 328 g/mol. The summed E-state index contributed by atoms with van der Waals surface area (Å²) in [5.74, 6) is 1.50. The molecule has 4 atom stereocenters. The lowest BCUT2D eigenvalue weighted by Gasteiger charge is -2.30. The van der Waals surface area contributed by atoms with E-state index < -0.39 is 5.97 Å². The minimum absolute atomic E-state index is 0.265. The highest BCUT2D eigenvalue weighted by molar-refractivity contribution is 5.66. The Hall–Kier alpha value is -1.61. The largest absolute Gasteiger partial charge is 0.481 e. The predicted molar refractivity (Wildman–Crippen MR) is 94.6 cm³/mol. The highest BCUT2D eigenvalue weighted by atomic mass is 16.5. The number of carboxylic acid groups (broad SMARTS) is 1. The molecule has 0 unspecified atom stereocenters. The maximum atomic E-state index is 10.5. The minimum atomic E-state index is -0.703. The zero-order valence-corrected chi connectivity index (χ0v) is 14.3. The van der Waals surface area contributed by atoms with Gasteiger partial charge in [0.2, 0.25) is 0 Å². The standard InChI is InChI=1S/C21H28O3/c22-20(23)11-7-2-1-6-10-19-17-12-13-18(14-17)21(19)24-15-16-8-4-3-5-9-16/h1,3-6,8-9,17-19,21H,2,7,10-15H2,(H,22,23)/b6-1-/t17-,18+,19-,21-/m1/s1. The smallest absolute Gasteiger partial charge is 0.303 e. The summed E-state index contributed by atoms with van der Waals surface area (Å²) < 4.78 is 6.33. The lowest BCUT2D eigenvalue weighted by Crippen LogP contribution is -2.30. The second kappa shape index (κ2) is 8.48. The maximum absolute atomic E-state index is 10.5. The van der Waals surface area contributed by atoms with E-state index in [0.29, 0.717) is 18.6 Å². The molecule has 3 nitrogen and oxygen atoms in total. The first-order chi connectivity index (χ1) is 11.7. The molecule has 1 aromatic rings. The van der Waals surface area contributed by atoms with E-state index in [0.717, 1.165) is 31.1 Å². The second-order valence-electron chi connectivity index (χ2n) is 7.25. The van der Waals surface area contributed by atoms with Crippen molar-refractivity contribution >= 4 is 5.97 Å². The molecule has 0 heterocycles. The van der Waals surface area contributed by atoms with Crippen molar-refractivity contribution in [3.63, 3.8) is 0 Å². The van der Waals surface area contributed by atoms with Crippen LogP contribution in [0.25, 0.3) is 0 Å². The van der Waals surface area contributed by atoms with E-state index in [1.165, 1.54) is 24.8 Å². The second-order valence-corrected chi connectivity index (χ2v) is 7.25. The molecule has 0 aliphatic heterocycles. The maximum Gasteiger partial charge on any atom is 0.303 e. The lowest BCUT2D eigenvalue weighted by molar-refractivity contribution is -0.137. The Labute approximate surface area is 144 Å². The van der Waals surface area contributed by atoms with Gasteiger partial charge in [-0.05, 0) is 61.8 Å². The van der Waals surface area contributed by atoms with Gasteiger partial charge in [-0.15, -0.1) is 0 Å². The molecule has 24 heavy (non-hydrogen) atoms. The number of benzene rings is 1. The van der Waals surface area contributed by atoms with Gasteiger partial charge in [-0.1, -0.05) is 42.5 Å². The van der Waals surface area contributed by atoms with Crippen LogP contribution < -0.4 is 0 Å². The fourth-order valence-electron chi connectivity index (χ4n) is 4.45. The molecule has 2 saturated carbocycles. The molecule has 3 heteroatoms. The molecule has 0 radical (unpaired) electrons. The van der Waals surface area contributed by atoms with Crippen LogP contribution in [-0.2, 0) is 16.1 Å². The van der Waals surface area contributed by atoms with E-state index in [-0.39, 0.29) is 6.42 Å². The predicted octanol–water partition coefficient (Wildman–Crippen LogP) is 4.82. The first-order valence-corrected chi connectivity index (χ1v) is 9.26. The minimum Gasteiger partial charge on any atom is -0.481 e. The average Bonchev–Trinajstić information content (AvgIpc) is 3.18. The van der Waals surface area contributed by atoms with Crippen molar-refractivity contribution in [2.75, 3.05) is 0 Å². The Morgan fingerprint density at radius 1 is 1.17 bits per heavy atom. The Kier molecular flexibility index (Phi) is 6.08. The van der Waals surface area contributed by atoms with Crippen molar-refractivity contribution < 1.29 is 14.6 Å². The SMILES string of the molecule is O=C(O)CCC/C=C\C[C@@H]1[C@@H]2CC[C@@H](C2)[C@H]1OCc1ccccc1. The summed E-state index contributed by atoms with van der Waals surface area (Å²) in [4.78, 5) is 10.5. The molecule has 2 bridgehead atoms. The van der Waals surface area contributed by atoms with Crippen molar-refractivity contribution in [2.24, 2.45) is 17.8 Å². The van der Waals surface area contributed by atoms with E-state index in [2.05, 4.69) is 36.4 Å². The normalized spacial score (nSPS) is 28.7. The number of allylic oxidation sites excluding steroid dienone is 2. The topological polar surface area (TPSA) is 46.5 Å². The molecule has 0 aromatic heterocycles. The highest BCUT2D eigenvalue weighted by Crippen LogP contribution is 2.51. The highest BCUT2D eigenvalue weighted by Gasteiger charge is 2.47. The van der Waals surface area contributed by atoms with Gasteiger partial charge < -0.3 is 9.84 Å². The molecule has 130 valence electrons. The third-order valence-corrected chi connectivity index (χ3v) is 5.63. The number of hydrogen-bond acceptors (Lipinski definition) is 2. The molecule has 0 amide bonds. The van der Waals surface area contributed by atoms with Crippen LogP contribution in [0.5, 0.6) is 0 Å². The number of unbranched alkanes of at least 4 members (excludes halogenated alkanes) is 1. The number of fused-ring (bicyclic) bond motifs is 2. The zero-order chi connectivity index (χ0) is 16.8. The fraction of sp³-hybridized carbons (Fsp3) is 0.571. The summed E-state index contributed by atoms with van der Waals surface area (Å²) in [5.41, 5.74) is 1.25. The Balaban J connectivity index is 1.47. The number of ether oxygens (including phenoxy) is 1. The third kappa shape index (κ3) is 4.47. The van der Waals surface area contributed by atoms with Crippen LogP contribution >= 0.6 is 0 Å². The summed E-state index contributed by atoms with van der Waals surface area (Å²) in [6, 6.07) is 10.4. The molecule has 2 aliphatic carbocycles. The van der Waals surface area contributed by atoms with Gasteiger partial charge in [0.25, 0.3) is 0 Å². The third-order valence-electron chi connectivity index (χ3n) is 5.63. The Morgan fingerprint density at radius 2 is 1.96 bits per heavy atom. The van der Waals surface area contributed by atoms with Crippen LogP contribution in [0.4, 0.5) is 0 Å². The van der Waals surface area contributed by atoms with Gasteiger partial charge in [-0.3, -0.25) is 4.79 Å². The van der Waals surface area contributed by atoms with Crippen LogP contribution in [0.15, 0.2) is 42.5 Å². The van der Waals surface area contributed by atoms with Crippen molar-refractivity contribution in [3.05, 3.63) is 48.0 Å². The number of rotatable bonds is 9. The van der Waals surface area contributed by atoms with Gasteiger partial charge in [0.1, 0.15) is 0 Å². The van der Waals surface area contributed by atoms with Gasteiger partial charge in [-0.25, -0.2) is 0 Å². The number of carbonyl (C=O) groups is 1. The molecule has 2 fully saturated rings. The molecular weight excluding hydrogens is 300 g/mol. The molecule has 3 rings (SSSR count). The first kappa shape index (κ1) is 17.2. The van der Waals surface area contributed by atoms with Crippen LogP contribution in [0.1, 0.15) is 50.5 Å². The van der Waals surface area contributed by atoms with Gasteiger partial charge in [0.15, 0.2) is 0 Å². The molecule has 2 aliphatic rings. The molecule has 1 aromatic carbocycles. The van der Waals surface area contributed by atoms with E-state index in [9.17, 15) is 4.79 Å². The van der Waals surface area contributed by atoms with E-state index in [1.807, 2.05) is 6.07 Å². The fourth-order valence-corrected chi connectivity index (χ4v) is 4.45. The number of hydrogen-bond donors (Lipinski definition) is 1. The van der Waals surface area contributed by atoms with Gasteiger partial charge in [0, 0.05) is 6.42 Å². The Bertz CT molecular complexity index is 551. The summed E-state index contributed by atoms with van der Waals surface area (Å²) in [6.07, 6.45) is 11.8. The molecular formula is C21H28O3. The van der Waals surface area contributed by atoms with Crippen molar-refractivity contribution in [2.45, 2.75) is 57.7 Å². The summed E-state index contributed by atoms with van der Waals surface area (Å²) >= 11 is 0. The molecule has 0 spiro atoms. The van der Waals surface area contributed by atoms with Crippen LogP contribution in [0.3, 0.4) is 0 Å². The van der Waals surface area contributed by atoms with Crippen molar-refractivity contribution in [1.29, 1.82) is 0 Å². The van der Waals surface area contributed by atoms with Gasteiger partial charge in [0.05, 0.1) is 12.7 Å². The summed E-state index contributed by atoms with van der Waals surface area (Å²) in [6.45, 7) is 0.716. The van der Waals surface area contributed by atoms with Crippen molar-refractivity contribution in [1.82, 2.24) is 0 Å². The number of aliphatic carboxylic acids is 1.